The van der Waals surface area contributed by atoms with Crippen molar-refractivity contribution in [1.29, 1.82) is 0 Å². The number of amides is 2. The van der Waals surface area contributed by atoms with Crippen molar-refractivity contribution < 1.29 is 19.1 Å². The molecule has 4 rings (SSSR count). The lowest BCUT2D eigenvalue weighted by molar-refractivity contribution is -0.134. The quantitative estimate of drug-likeness (QED) is 0.496. The van der Waals surface area contributed by atoms with Crippen LogP contribution < -0.4 is 20.1 Å². The molecule has 0 saturated carbocycles. The van der Waals surface area contributed by atoms with E-state index in [0.717, 1.165) is 61.5 Å². The number of hydrogen-bond donors (Lipinski definition) is 2. The van der Waals surface area contributed by atoms with E-state index in [1.165, 1.54) is 5.56 Å². The van der Waals surface area contributed by atoms with E-state index in [4.69, 9.17) is 9.47 Å². The van der Waals surface area contributed by atoms with Gasteiger partial charge in [0.1, 0.15) is 0 Å². The second-order valence-electron chi connectivity index (χ2n) is 9.83. The number of methoxy groups -OCH3 is 2. The number of rotatable bonds is 9. The highest BCUT2D eigenvalue weighted by molar-refractivity contribution is 6.32. The lowest BCUT2D eigenvalue weighted by Crippen LogP contribution is -2.40. The van der Waals surface area contributed by atoms with E-state index in [2.05, 4.69) is 39.8 Å². The highest BCUT2D eigenvalue weighted by atomic mass is 16.5. The Morgan fingerprint density at radius 2 is 1.73 bits per heavy atom. The normalized spacial score (nSPS) is 17.2. The molecule has 8 nitrogen and oxygen atoms in total. The van der Waals surface area contributed by atoms with E-state index < -0.39 is 0 Å². The van der Waals surface area contributed by atoms with Crippen LogP contribution in [-0.4, -0.2) is 69.6 Å². The van der Waals surface area contributed by atoms with Crippen molar-refractivity contribution in [3.8, 4) is 11.5 Å². The van der Waals surface area contributed by atoms with Crippen molar-refractivity contribution in [2.75, 3.05) is 58.6 Å². The maximum atomic E-state index is 12.9. The van der Waals surface area contributed by atoms with Gasteiger partial charge in [0.25, 0.3) is 5.91 Å². The molecule has 0 spiro atoms. The van der Waals surface area contributed by atoms with Gasteiger partial charge in [0, 0.05) is 49.6 Å². The molecule has 0 bridgehead atoms. The van der Waals surface area contributed by atoms with Gasteiger partial charge >= 0.3 is 0 Å². The van der Waals surface area contributed by atoms with Crippen LogP contribution >= 0.6 is 0 Å². The smallest absolute Gasteiger partial charge is 0.258 e. The van der Waals surface area contributed by atoms with Gasteiger partial charge in [-0.1, -0.05) is 19.1 Å². The molecule has 8 heteroatoms. The fourth-order valence-electron chi connectivity index (χ4n) is 5.11. The zero-order valence-electron chi connectivity index (χ0n) is 22.5. The van der Waals surface area contributed by atoms with Crippen molar-refractivity contribution in [1.82, 2.24) is 9.80 Å². The number of carbonyl (C=O) groups is 2. The van der Waals surface area contributed by atoms with Gasteiger partial charge in [-0.25, -0.2) is 0 Å². The summed E-state index contributed by atoms with van der Waals surface area (Å²) in [7, 11) is 6.84. The van der Waals surface area contributed by atoms with Crippen molar-refractivity contribution in [2.45, 2.75) is 32.6 Å². The summed E-state index contributed by atoms with van der Waals surface area (Å²) in [4.78, 5) is 29.2. The van der Waals surface area contributed by atoms with Crippen LogP contribution in [0.25, 0.3) is 5.57 Å². The van der Waals surface area contributed by atoms with Crippen LogP contribution in [0.1, 0.15) is 37.3 Å². The minimum atomic E-state index is -0.137. The van der Waals surface area contributed by atoms with Crippen LogP contribution in [0.15, 0.2) is 42.1 Å². The molecular weight excluding hydrogens is 468 g/mol. The molecule has 37 heavy (non-hydrogen) atoms. The largest absolute Gasteiger partial charge is 0.493 e. The molecule has 1 saturated heterocycles. The van der Waals surface area contributed by atoms with E-state index in [-0.39, 0.29) is 17.7 Å². The Balaban J connectivity index is 1.40. The van der Waals surface area contributed by atoms with E-state index in [0.29, 0.717) is 23.5 Å². The molecule has 0 radical (unpaired) electrons. The number of nitrogens with zero attached hydrogens (tertiary/aromatic N) is 2. The highest BCUT2D eigenvalue weighted by Crippen LogP contribution is 2.42. The minimum Gasteiger partial charge on any atom is -0.493 e. The summed E-state index contributed by atoms with van der Waals surface area (Å²) in [6, 6.07) is 12.1. The third-order valence-corrected chi connectivity index (χ3v) is 7.27. The van der Waals surface area contributed by atoms with Gasteiger partial charge < -0.3 is 29.9 Å². The summed E-state index contributed by atoms with van der Waals surface area (Å²) >= 11 is 0. The summed E-state index contributed by atoms with van der Waals surface area (Å²) in [6.07, 6.45) is 3.50. The lowest BCUT2D eigenvalue weighted by Gasteiger charge is -2.32. The van der Waals surface area contributed by atoms with Gasteiger partial charge in [-0.3, -0.25) is 9.59 Å². The number of fused-ring (bicyclic) bond motifs is 1. The first-order chi connectivity index (χ1) is 17.8. The number of benzene rings is 2. The molecule has 0 aliphatic carbocycles. The van der Waals surface area contributed by atoms with Crippen molar-refractivity contribution in [3.05, 3.63) is 53.2 Å². The Bertz CT molecular complexity index is 1170. The Morgan fingerprint density at radius 3 is 2.32 bits per heavy atom. The average Bonchev–Trinajstić information content (AvgIpc) is 3.24. The van der Waals surface area contributed by atoms with Crippen molar-refractivity contribution in [3.63, 3.8) is 0 Å². The molecule has 2 aromatic rings. The van der Waals surface area contributed by atoms with Crippen molar-refractivity contribution in [2.24, 2.45) is 5.92 Å². The van der Waals surface area contributed by atoms with Gasteiger partial charge in [-0.05, 0) is 62.5 Å². The summed E-state index contributed by atoms with van der Waals surface area (Å²) in [6.45, 7) is 4.96. The van der Waals surface area contributed by atoms with E-state index in [9.17, 15) is 9.59 Å². The van der Waals surface area contributed by atoms with Gasteiger partial charge in [0.15, 0.2) is 11.5 Å². The topological polar surface area (TPSA) is 83.1 Å². The van der Waals surface area contributed by atoms with Gasteiger partial charge in [-0.15, -0.1) is 0 Å². The number of carbonyl (C=O) groups excluding carboxylic acids is 2. The van der Waals surface area contributed by atoms with Gasteiger partial charge in [-0.2, -0.15) is 0 Å². The number of nitrogens with one attached hydrogen (secondary N) is 2. The fourth-order valence-corrected chi connectivity index (χ4v) is 5.11. The van der Waals surface area contributed by atoms with Crippen LogP contribution in [0, 0.1) is 5.92 Å². The zero-order chi connectivity index (χ0) is 26.5. The molecule has 0 aromatic heterocycles. The maximum absolute atomic E-state index is 12.9. The predicted molar refractivity (Wildman–Crippen MR) is 147 cm³/mol. The predicted octanol–water partition coefficient (Wildman–Crippen LogP) is 4.23. The SMILES string of the molecule is CC/C(Nc1ccc(CCN2CCC(C(=O)N(C)C)CC2)cc1)=C1\C(=O)Nc2cc(OC)c(OC)cc21. The number of ether oxygens (including phenoxy) is 2. The number of hydrogen-bond acceptors (Lipinski definition) is 6. The van der Waals surface area contributed by atoms with Gasteiger partial charge in [0.2, 0.25) is 5.91 Å². The Morgan fingerprint density at radius 1 is 1.08 bits per heavy atom. The fraction of sp³-hybridized carbons (Fsp3) is 0.448. The molecular formula is C29H38N4O4. The molecule has 0 unspecified atom stereocenters. The second-order valence-corrected chi connectivity index (χ2v) is 9.83. The maximum Gasteiger partial charge on any atom is 0.258 e. The summed E-state index contributed by atoms with van der Waals surface area (Å²) in [5.74, 6) is 1.44. The Labute approximate surface area is 219 Å². The molecule has 2 heterocycles. The zero-order valence-corrected chi connectivity index (χ0v) is 22.5. The van der Waals surface area contributed by atoms with Crippen LogP contribution in [0.2, 0.25) is 0 Å². The Hall–Kier alpha value is -3.52. The summed E-state index contributed by atoms with van der Waals surface area (Å²) in [5, 5.41) is 6.41. The number of likely N-dealkylation sites (tertiary alicyclic amines) is 1. The van der Waals surface area contributed by atoms with Crippen LogP contribution in [0.3, 0.4) is 0 Å². The molecule has 1 fully saturated rings. The molecule has 2 aromatic carbocycles. The number of allylic oxidation sites excluding steroid dienone is 1. The molecule has 2 amide bonds. The lowest BCUT2D eigenvalue weighted by atomic mass is 9.95. The van der Waals surface area contributed by atoms with Gasteiger partial charge in [0.05, 0.1) is 25.5 Å². The summed E-state index contributed by atoms with van der Waals surface area (Å²) in [5.41, 5.74) is 5.21. The first-order valence-electron chi connectivity index (χ1n) is 12.9. The van der Waals surface area contributed by atoms with E-state index >= 15 is 0 Å². The third-order valence-electron chi connectivity index (χ3n) is 7.27. The minimum absolute atomic E-state index is 0.137. The molecule has 198 valence electrons. The first-order valence-corrected chi connectivity index (χ1v) is 12.9. The molecule has 2 aliphatic heterocycles. The van der Waals surface area contributed by atoms with Crippen LogP contribution in [0.4, 0.5) is 11.4 Å². The second kappa shape index (κ2) is 11.7. The third kappa shape index (κ3) is 5.91. The standard InChI is InChI=1S/C29H38N4O4/c1-6-23(27-22-17-25(36-4)26(37-5)18-24(22)31-28(27)34)30-21-9-7-19(8-10-21)11-14-33-15-12-20(13-16-33)29(35)32(2)3/h7-10,17-18,20,30H,6,11-16H2,1-5H3,(H,31,34)/b27-23+. The number of anilines is 2. The van der Waals surface area contributed by atoms with Crippen molar-refractivity contribution >= 4 is 28.8 Å². The average molecular weight is 507 g/mol. The summed E-state index contributed by atoms with van der Waals surface area (Å²) < 4.78 is 10.8. The molecule has 0 atom stereocenters. The van der Waals surface area contributed by atoms with E-state index in [1.807, 2.05) is 27.1 Å². The Kier molecular flexibility index (Phi) is 8.38. The molecule has 2 N–H and O–H groups in total. The highest BCUT2D eigenvalue weighted by Gasteiger charge is 2.29. The monoisotopic (exact) mass is 506 g/mol. The first kappa shape index (κ1) is 26.5. The van der Waals surface area contributed by atoms with Crippen LogP contribution in [-0.2, 0) is 16.0 Å². The van der Waals surface area contributed by atoms with Crippen LogP contribution in [0.5, 0.6) is 11.5 Å². The van der Waals surface area contributed by atoms with E-state index in [1.54, 1.807) is 25.2 Å². The molecule has 2 aliphatic rings. The number of piperidine rings is 1.